The highest BCUT2D eigenvalue weighted by atomic mass is 79.9. The van der Waals surface area contributed by atoms with E-state index in [4.69, 9.17) is 9.15 Å². The predicted octanol–water partition coefficient (Wildman–Crippen LogP) is 7.64. The fourth-order valence-electron chi connectivity index (χ4n) is 2.88. The molecule has 0 aliphatic heterocycles. The molecule has 0 saturated heterocycles. The van der Waals surface area contributed by atoms with Crippen molar-refractivity contribution in [3.63, 3.8) is 0 Å². The van der Waals surface area contributed by atoms with Crippen LogP contribution < -0.4 is 4.74 Å². The number of benzene rings is 3. The van der Waals surface area contributed by atoms with Gasteiger partial charge in [0.1, 0.15) is 5.52 Å². The van der Waals surface area contributed by atoms with Crippen LogP contribution in [0.3, 0.4) is 0 Å². The molecule has 0 radical (unpaired) electrons. The quantitative estimate of drug-likeness (QED) is 0.241. The van der Waals surface area contributed by atoms with E-state index in [1.54, 1.807) is 12.3 Å². The van der Waals surface area contributed by atoms with Gasteiger partial charge in [-0.25, -0.2) is 4.98 Å². The lowest BCUT2D eigenvalue weighted by Crippen LogP contribution is -1.95. The second-order valence-electron chi connectivity index (χ2n) is 6.31. The van der Waals surface area contributed by atoms with Gasteiger partial charge < -0.3 is 14.3 Å². The number of ether oxygens (including phenoxy) is 1. The summed E-state index contributed by atoms with van der Waals surface area (Å²) in [6.07, 6.45) is 1.59. The summed E-state index contributed by atoms with van der Waals surface area (Å²) >= 11 is 10.4. The molecule has 0 atom stereocenters. The van der Waals surface area contributed by atoms with E-state index >= 15 is 0 Å². The van der Waals surface area contributed by atoms with Crippen LogP contribution in [0.1, 0.15) is 12.5 Å². The van der Waals surface area contributed by atoms with Gasteiger partial charge in [0.05, 0.1) is 17.9 Å². The summed E-state index contributed by atoms with van der Waals surface area (Å²) < 4.78 is 13.8. The van der Waals surface area contributed by atoms with Crippen molar-refractivity contribution < 1.29 is 14.3 Å². The van der Waals surface area contributed by atoms with Crippen LogP contribution in [0.4, 0.5) is 5.69 Å². The van der Waals surface area contributed by atoms with E-state index in [0.29, 0.717) is 45.1 Å². The maximum Gasteiger partial charge on any atom is 0.227 e. The fourth-order valence-corrected chi connectivity index (χ4v) is 4.10. The minimum absolute atomic E-state index is 0.0233. The maximum absolute atomic E-state index is 10.5. The predicted molar refractivity (Wildman–Crippen MR) is 129 cm³/mol. The third kappa shape index (κ3) is 4.31. The summed E-state index contributed by atoms with van der Waals surface area (Å²) in [5, 5.41) is 10.5. The molecule has 0 aliphatic carbocycles. The summed E-state index contributed by atoms with van der Waals surface area (Å²) in [6.45, 7) is 2.31. The number of hydrogen-bond donors (Lipinski definition) is 1. The molecule has 0 aliphatic rings. The molecule has 0 unspecified atom stereocenters. The Balaban J connectivity index is 1.69. The fraction of sp³-hybridized carbons (Fsp3) is 0.0909. The summed E-state index contributed by atoms with van der Waals surface area (Å²) in [6, 6.07) is 15.0. The first-order valence-electron chi connectivity index (χ1n) is 9.00. The zero-order valence-electron chi connectivity index (χ0n) is 15.7. The van der Waals surface area contributed by atoms with Crippen molar-refractivity contribution >= 4 is 70.8 Å². The van der Waals surface area contributed by atoms with Crippen LogP contribution in [-0.4, -0.2) is 22.9 Å². The molecule has 8 heteroatoms. The van der Waals surface area contributed by atoms with Crippen molar-refractivity contribution in [1.82, 2.24) is 4.98 Å². The number of halogens is 3. The molecule has 0 fully saturated rings. The first kappa shape index (κ1) is 21.1. The van der Waals surface area contributed by atoms with Gasteiger partial charge in [0.2, 0.25) is 5.89 Å². The van der Waals surface area contributed by atoms with Crippen LogP contribution >= 0.6 is 47.8 Å². The van der Waals surface area contributed by atoms with Gasteiger partial charge in [0.15, 0.2) is 17.1 Å². The SMILES string of the molecule is CCOc1cc(Br)c(Br)c(C=Nc2ccc3oc(-c4cccc(Br)c4)nc3c2)c1O. The van der Waals surface area contributed by atoms with Crippen LogP contribution in [0.15, 0.2) is 71.4 Å². The molecule has 1 aromatic heterocycles. The zero-order valence-corrected chi connectivity index (χ0v) is 20.5. The highest BCUT2D eigenvalue weighted by Crippen LogP contribution is 2.40. The van der Waals surface area contributed by atoms with E-state index in [9.17, 15) is 5.11 Å². The second-order valence-corrected chi connectivity index (χ2v) is 8.87. The average molecular weight is 595 g/mol. The summed E-state index contributed by atoms with van der Waals surface area (Å²) in [5.41, 5.74) is 3.46. The normalized spacial score (nSPS) is 11.5. The van der Waals surface area contributed by atoms with E-state index in [2.05, 4.69) is 57.8 Å². The number of aromatic nitrogens is 1. The standard InChI is InChI=1S/C22H15Br3N2O3/c1-2-29-19-10-16(24)20(25)15(21(19)28)11-26-14-6-7-18-17(9-14)27-22(30-18)12-4-3-5-13(23)8-12/h3-11,28H,2H2,1H3. The Morgan fingerprint density at radius 3 is 2.73 bits per heavy atom. The monoisotopic (exact) mass is 592 g/mol. The van der Waals surface area contributed by atoms with Gasteiger partial charge in [-0.05, 0) is 81.2 Å². The highest BCUT2D eigenvalue weighted by molar-refractivity contribution is 9.13. The molecule has 1 heterocycles. The molecular formula is C22H15Br3N2O3. The van der Waals surface area contributed by atoms with E-state index in [1.165, 1.54) is 0 Å². The minimum Gasteiger partial charge on any atom is -0.504 e. The van der Waals surface area contributed by atoms with E-state index in [1.807, 2.05) is 49.4 Å². The van der Waals surface area contributed by atoms with Crippen molar-refractivity contribution in [3.8, 4) is 23.0 Å². The Labute approximate surface area is 198 Å². The number of aliphatic imine (C=N–C) groups is 1. The number of phenolic OH excluding ortho intramolecular Hbond substituents is 1. The molecule has 152 valence electrons. The van der Waals surface area contributed by atoms with Gasteiger partial charge in [-0.15, -0.1) is 0 Å². The molecule has 0 saturated carbocycles. The lowest BCUT2D eigenvalue weighted by atomic mass is 10.2. The number of aromatic hydroxyl groups is 1. The molecule has 4 aromatic rings. The van der Waals surface area contributed by atoms with Gasteiger partial charge in [-0.1, -0.05) is 22.0 Å². The lowest BCUT2D eigenvalue weighted by molar-refractivity contribution is 0.317. The first-order valence-corrected chi connectivity index (χ1v) is 11.4. The molecular weight excluding hydrogens is 580 g/mol. The first-order chi connectivity index (χ1) is 14.5. The Morgan fingerprint density at radius 2 is 1.97 bits per heavy atom. The maximum atomic E-state index is 10.5. The second kappa shape index (κ2) is 8.91. The summed E-state index contributed by atoms with van der Waals surface area (Å²) in [4.78, 5) is 9.09. The van der Waals surface area contributed by atoms with Crippen LogP contribution in [0.5, 0.6) is 11.5 Å². The molecule has 0 amide bonds. The van der Waals surface area contributed by atoms with Gasteiger partial charge in [-0.3, -0.25) is 4.99 Å². The van der Waals surface area contributed by atoms with E-state index in [-0.39, 0.29) is 5.75 Å². The largest absolute Gasteiger partial charge is 0.504 e. The summed E-state index contributed by atoms with van der Waals surface area (Å²) in [5.74, 6) is 0.955. The third-order valence-corrected chi connectivity index (χ3v) is 6.78. The topological polar surface area (TPSA) is 67.9 Å². The molecule has 30 heavy (non-hydrogen) atoms. The molecule has 0 spiro atoms. The van der Waals surface area contributed by atoms with Crippen molar-refractivity contribution in [2.24, 2.45) is 4.99 Å². The number of phenols is 1. The number of fused-ring (bicyclic) bond motifs is 1. The Morgan fingerprint density at radius 1 is 1.13 bits per heavy atom. The van der Waals surface area contributed by atoms with Crippen LogP contribution in [0.25, 0.3) is 22.6 Å². The zero-order chi connectivity index (χ0) is 21.3. The highest BCUT2D eigenvalue weighted by Gasteiger charge is 2.15. The molecule has 4 rings (SSSR count). The molecule has 0 bridgehead atoms. The van der Waals surface area contributed by atoms with Crippen molar-refractivity contribution in [2.75, 3.05) is 6.61 Å². The number of oxazole rings is 1. The van der Waals surface area contributed by atoms with Crippen molar-refractivity contribution in [3.05, 3.63) is 67.5 Å². The van der Waals surface area contributed by atoms with Crippen LogP contribution in [-0.2, 0) is 0 Å². The van der Waals surface area contributed by atoms with E-state index in [0.717, 1.165) is 14.5 Å². The number of hydrogen-bond acceptors (Lipinski definition) is 5. The average Bonchev–Trinajstić information content (AvgIpc) is 3.16. The Bertz CT molecular complexity index is 1270. The van der Waals surface area contributed by atoms with Crippen LogP contribution in [0.2, 0.25) is 0 Å². The molecule has 5 nitrogen and oxygen atoms in total. The minimum atomic E-state index is 0.0233. The lowest BCUT2D eigenvalue weighted by Gasteiger charge is -2.11. The van der Waals surface area contributed by atoms with Gasteiger partial charge in [0, 0.05) is 25.2 Å². The Kier molecular flexibility index (Phi) is 6.26. The number of rotatable bonds is 5. The van der Waals surface area contributed by atoms with Crippen molar-refractivity contribution in [2.45, 2.75) is 6.92 Å². The number of nitrogens with zero attached hydrogens (tertiary/aromatic N) is 2. The summed E-state index contributed by atoms with van der Waals surface area (Å²) in [7, 11) is 0. The van der Waals surface area contributed by atoms with Gasteiger partial charge in [-0.2, -0.15) is 0 Å². The van der Waals surface area contributed by atoms with Crippen LogP contribution in [0, 0.1) is 0 Å². The molecule has 3 aromatic carbocycles. The third-order valence-electron chi connectivity index (χ3n) is 4.28. The Hall–Kier alpha value is -2.16. The van der Waals surface area contributed by atoms with Crippen molar-refractivity contribution in [1.29, 1.82) is 0 Å². The van der Waals surface area contributed by atoms with Gasteiger partial charge >= 0.3 is 0 Å². The van der Waals surface area contributed by atoms with E-state index < -0.39 is 0 Å². The smallest absolute Gasteiger partial charge is 0.227 e. The van der Waals surface area contributed by atoms with Gasteiger partial charge in [0.25, 0.3) is 0 Å². The molecule has 1 N–H and O–H groups in total.